The summed E-state index contributed by atoms with van der Waals surface area (Å²) in [6.07, 6.45) is -18.2. The van der Waals surface area contributed by atoms with Gasteiger partial charge in [-0.15, -0.1) is 0 Å². The minimum Gasteiger partial charge on any atom is -0.394 e. The molecule has 4 aromatic carbocycles. The summed E-state index contributed by atoms with van der Waals surface area (Å²) in [6.45, 7) is -1.57. The van der Waals surface area contributed by atoms with Crippen LogP contribution in [-0.2, 0) is 39.6 Å². The number of unbranched alkanes of at least 4 members (excludes halogenated alkanes) is 2. The van der Waals surface area contributed by atoms with Crippen LogP contribution >= 0.6 is 0 Å². The van der Waals surface area contributed by atoms with Crippen molar-refractivity contribution in [3.63, 3.8) is 0 Å². The van der Waals surface area contributed by atoms with Gasteiger partial charge in [0.2, 0.25) is 5.91 Å². The summed E-state index contributed by atoms with van der Waals surface area (Å²) in [6, 6.07) is 14.9. The molecule has 4 aliphatic rings. The van der Waals surface area contributed by atoms with Crippen molar-refractivity contribution in [1.82, 2.24) is 5.32 Å². The van der Waals surface area contributed by atoms with Crippen molar-refractivity contribution in [1.29, 1.82) is 0 Å². The third-order valence-electron chi connectivity index (χ3n) is 13.6. The summed E-state index contributed by atoms with van der Waals surface area (Å²) in [5.74, 6) is -0.282. The molecule has 0 radical (unpaired) electrons. The van der Waals surface area contributed by atoms with Gasteiger partial charge in [0.1, 0.15) is 67.1 Å². The molecule has 358 valence electrons. The molecule has 20 nitrogen and oxygen atoms in total. The van der Waals surface area contributed by atoms with Gasteiger partial charge in [-0.1, -0.05) is 61.0 Å². The number of benzene rings is 4. The SMILES string of the molecule is N[C@H]1[C@@H](O[C@H]2[C@@H](O)[C@H](O[C@@H]3[C@@H](O)[C@H](N)C[C@H](N)[C@H]3O[C@H]3O[C@H](CO)[C@@H](O)[C@H](O)[C@H]3N)O[C@@H]2CO)O[C@@H](CNC(=O)CCCCCc2ccc3ccc4cccc5ccc2c3c45)[C@@H](O)[C@@H]1O. The van der Waals surface area contributed by atoms with Crippen LogP contribution in [0.4, 0.5) is 0 Å². The zero-order valence-electron chi connectivity index (χ0n) is 35.8. The number of rotatable bonds is 16. The Hall–Kier alpha value is -3.33. The van der Waals surface area contributed by atoms with Gasteiger partial charge < -0.3 is 97.5 Å². The minimum atomic E-state index is -1.69. The lowest BCUT2D eigenvalue weighted by Gasteiger charge is -2.47. The summed E-state index contributed by atoms with van der Waals surface area (Å²) >= 11 is 0. The van der Waals surface area contributed by atoms with E-state index in [1.54, 1.807) is 0 Å². The van der Waals surface area contributed by atoms with Gasteiger partial charge in [0, 0.05) is 25.0 Å². The van der Waals surface area contributed by atoms with E-state index in [-0.39, 0.29) is 25.3 Å². The molecule has 3 heterocycles. The molecular weight excluding hydrogens is 851 g/mol. The van der Waals surface area contributed by atoms with Crippen LogP contribution in [0.1, 0.15) is 37.7 Å². The molecule has 4 aromatic rings. The Morgan fingerprint density at radius 1 is 0.585 bits per heavy atom. The van der Waals surface area contributed by atoms with Crippen LogP contribution in [0.5, 0.6) is 0 Å². The monoisotopic (exact) mass is 913 g/mol. The average molecular weight is 914 g/mol. The molecule has 1 amide bonds. The van der Waals surface area contributed by atoms with E-state index in [0.717, 1.165) is 19.3 Å². The van der Waals surface area contributed by atoms with Crippen molar-refractivity contribution < 1.29 is 74.1 Å². The standard InChI is InChI=1S/C45H63N5O15/c46-24-15-25(47)40(63-44-33(49)38(58)36(56)27(17-51)61-44)42(34(24)54)65-45-39(59)41(28(18-52)62-45)64-43-32(48)37(57)35(55)26(60-43)16-50-29(53)8-3-1-2-5-19-9-10-22-12-11-20-6-4-7-21-13-14-23(19)31(22)30(20)21/h4,6-7,9-14,24-28,32-45,51-52,54-59H,1-3,5,8,15-18,46-49H2,(H,50,53)/t24-,25+,26+,27-,28-,32-,33-,34+,35-,36-,37-,38-,39-,40-,41-,42-,43-,44-,45+/m1/s1. The molecule has 19 atom stereocenters. The molecule has 0 spiro atoms. The van der Waals surface area contributed by atoms with Gasteiger partial charge in [-0.05, 0) is 63.6 Å². The number of carbonyl (C=O) groups is 1. The number of aliphatic hydroxyl groups is 8. The summed E-state index contributed by atoms with van der Waals surface area (Å²) in [4.78, 5) is 13.0. The van der Waals surface area contributed by atoms with Gasteiger partial charge in [-0.3, -0.25) is 4.79 Å². The number of hydrogen-bond acceptors (Lipinski definition) is 19. The largest absolute Gasteiger partial charge is 0.394 e. The number of nitrogens with one attached hydrogen (secondary N) is 1. The Kier molecular flexibility index (Phi) is 15.2. The van der Waals surface area contributed by atoms with Crippen LogP contribution in [0.2, 0.25) is 0 Å². The first kappa shape index (κ1) is 48.1. The van der Waals surface area contributed by atoms with Crippen LogP contribution < -0.4 is 28.3 Å². The lowest BCUT2D eigenvalue weighted by atomic mass is 9.84. The smallest absolute Gasteiger partial charge is 0.220 e. The number of aliphatic hydroxyl groups excluding tert-OH is 8. The maximum atomic E-state index is 13.0. The normalized spacial score (nSPS) is 39.1. The van der Waals surface area contributed by atoms with Crippen molar-refractivity contribution in [3.05, 3.63) is 60.2 Å². The highest BCUT2D eigenvalue weighted by Crippen LogP contribution is 2.37. The van der Waals surface area contributed by atoms with E-state index in [9.17, 15) is 45.6 Å². The minimum absolute atomic E-state index is 0.0400. The highest BCUT2D eigenvalue weighted by atomic mass is 16.8. The zero-order valence-corrected chi connectivity index (χ0v) is 35.8. The summed E-state index contributed by atoms with van der Waals surface area (Å²) in [5.41, 5.74) is 26.1. The van der Waals surface area contributed by atoms with E-state index in [0.29, 0.717) is 6.42 Å². The lowest BCUT2D eigenvalue weighted by Crippen LogP contribution is -2.68. The predicted octanol–water partition coefficient (Wildman–Crippen LogP) is -3.00. The Morgan fingerprint density at radius 2 is 1.15 bits per heavy atom. The van der Waals surface area contributed by atoms with Crippen molar-refractivity contribution in [3.8, 4) is 0 Å². The van der Waals surface area contributed by atoms with E-state index in [1.165, 1.54) is 37.9 Å². The van der Waals surface area contributed by atoms with Gasteiger partial charge in [0.05, 0.1) is 31.4 Å². The maximum Gasteiger partial charge on any atom is 0.220 e. The molecule has 1 aliphatic carbocycles. The first-order valence-corrected chi connectivity index (χ1v) is 22.4. The maximum absolute atomic E-state index is 13.0. The van der Waals surface area contributed by atoms with Crippen LogP contribution in [0.15, 0.2) is 54.6 Å². The molecule has 65 heavy (non-hydrogen) atoms. The lowest BCUT2D eigenvalue weighted by molar-refractivity contribution is -0.310. The topological polar surface area (TPSA) is 350 Å². The zero-order chi connectivity index (χ0) is 46.3. The summed E-state index contributed by atoms with van der Waals surface area (Å²) in [5, 5.41) is 95.3. The van der Waals surface area contributed by atoms with Crippen molar-refractivity contribution in [2.24, 2.45) is 22.9 Å². The fraction of sp³-hybridized carbons (Fsp3) is 0.622. The average Bonchev–Trinajstić information content (AvgIpc) is 3.60. The Labute approximate surface area is 374 Å². The molecule has 8 rings (SSSR count). The molecule has 20 heteroatoms. The second kappa shape index (κ2) is 20.5. The van der Waals surface area contributed by atoms with E-state index in [4.69, 9.17) is 51.4 Å². The molecular formula is C45H63N5O15. The Bertz CT molecular complexity index is 2190. The van der Waals surface area contributed by atoms with Gasteiger partial charge >= 0.3 is 0 Å². The van der Waals surface area contributed by atoms with Crippen LogP contribution in [-0.4, -0.2) is 183 Å². The molecule has 0 bridgehead atoms. The van der Waals surface area contributed by atoms with E-state index in [2.05, 4.69) is 59.9 Å². The number of nitrogens with two attached hydrogens (primary N) is 4. The number of aryl methyl sites for hydroxylation is 1. The highest BCUT2D eigenvalue weighted by Gasteiger charge is 2.54. The number of carbonyl (C=O) groups excluding carboxylic acids is 1. The Balaban J connectivity index is 0.839. The van der Waals surface area contributed by atoms with Gasteiger partial charge in [-0.25, -0.2) is 0 Å². The van der Waals surface area contributed by atoms with Crippen LogP contribution in [0.3, 0.4) is 0 Å². The van der Waals surface area contributed by atoms with Gasteiger partial charge in [-0.2, -0.15) is 0 Å². The number of ether oxygens (including phenoxy) is 6. The fourth-order valence-corrected chi connectivity index (χ4v) is 9.77. The number of hydrogen-bond donors (Lipinski definition) is 13. The van der Waals surface area contributed by atoms with Gasteiger partial charge in [0.25, 0.3) is 0 Å². The first-order chi connectivity index (χ1) is 31.2. The molecule has 0 aromatic heterocycles. The van der Waals surface area contributed by atoms with E-state index < -0.39 is 129 Å². The van der Waals surface area contributed by atoms with Crippen molar-refractivity contribution in [2.75, 3.05) is 19.8 Å². The van der Waals surface area contributed by atoms with Crippen LogP contribution in [0.25, 0.3) is 32.3 Å². The molecule has 4 fully saturated rings. The van der Waals surface area contributed by atoms with Crippen molar-refractivity contribution >= 4 is 38.2 Å². The third-order valence-corrected chi connectivity index (χ3v) is 13.6. The number of amides is 1. The second-order valence-corrected chi connectivity index (χ2v) is 17.9. The quantitative estimate of drug-likeness (QED) is 0.0393. The summed E-state index contributed by atoms with van der Waals surface area (Å²) in [7, 11) is 0. The molecule has 1 saturated carbocycles. The summed E-state index contributed by atoms with van der Waals surface area (Å²) < 4.78 is 35.5. The third kappa shape index (κ3) is 9.71. The Morgan fingerprint density at radius 3 is 1.83 bits per heavy atom. The second-order valence-electron chi connectivity index (χ2n) is 17.9. The molecule has 0 unspecified atom stereocenters. The molecule has 3 aliphatic heterocycles. The first-order valence-electron chi connectivity index (χ1n) is 22.4. The van der Waals surface area contributed by atoms with E-state index >= 15 is 0 Å². The highest BCUT2D eigenvalue weighted by molar-refractivity contribution is 6.23. The molecule has 17 N–H and O–H groups in total. The van der Waals surface area contributed by atoms with Crippen molar-refractivity contribution in [2.45, 2.75) is 155 Å². The predicted molar refractivity (Wildman–Crippen MR) is 233 cm³/mol. The van der Waals surface area contributed by atoms with Crippen LogP contribution in [0, 0.1) is 0 Å². The van der Waals surface area contributed by atoms with Gasteiger partial charge in [0.15, 0.2) is 18.9 Å². The van der Waals surface area contributed by atoms with E-state index in [1.807, 2.05) is 0 Å². The fourth-order valence-electron chi connectivity index (χ4n) is 9.77. The molecule has 3 saturated heterocycles.